The number of rotatable bonds is 5. The average molecular weight is 488 g/mol. The Hall–Kier alpha value is -2.94. The standard InChI is InChI=1S/C25H30FN3O4S/c1-18-5-4-14-29(17-18)24(30)19-12-15-28(16-13-19)25(31)22-6-2-3-7-23(22)27-34(32,33)21-10-8-20(26)9-11-21/h2-3,6-11,18-19,27H,4-5,12-17H2,1H3. The molecule has 2 saturated heterocycles. The average Bonchev–Trinajstić information content (AvgIpc) is 2.84. The molecule has 1 unspecified atom stereocenters. The van der Waals surface area contributed by atoms with Crippen molar-refractivity contribution in [2.24, 2.45) is 11.8 Å². The van der Waals surface area contributed by atoms with Crippen molar-refractivity contribution in [1.29, 1.82) is 0 Å². The number of para-hydroxylation sites is 1. The largest absolute Gasteiger partial charge is 0.342 e. The van der Waals surface area contributed by atoms with Gasteiger partial charge in [-0.05, 0) is 68.0 Å². The minimum atomic E-state index is -3.99. The van der Waals surface area contributed by atoms with Gasteiger partial charge in [0.2, 0.25) is 5.91 Å². The smallest absolute Gasteiger partial charge is 0.261 e. The maximum absolute atomic E-state index is 13.3. The number of halogens is 1. The lowest BCUT2D eigenvalue weighted by Crippen LogP contribution is -2.47. The van der Waals surface area contributed by atoms with Crippen molar-refractivity contribution in [1.82, 2.24) is 9.80 Å². The number of amides is 2. The van der Waals surface area contributed by atoms with Crippen molar-refractivity contribution in [2.45, 2.75) is 37.5 Å². The number of nitrogens with one attached hydrogen (secondary N) is 1. The van der Waals surface area contributed by atoms with Crippen molar-refractivity contribution in [3.05, 3.63) is 59.9 Å². The molecule has 9 heteroatoms. The van der Waals surface area contributed by atoms with Gasteiger partial charge in [0.25, 0.3) is 15.9 Å². The minimum absolute atomic E-state index is 0.0819. The van der Waals surface area contributed by atoms with Crippen LogP contribution in [0.5, 0.6) is 0 Å². The van der Waals surface area contributed by atoms with E-state index < -0.39 is 15.8 Å². The highest BCUT2D eigenvalue weighted by atomic mass is 32.2. The Morgan fingerprint density at radius 3 is 2.29 bits per heavy atom. The first kappa shape index (κ1) is 24.2. The third-order valence-electron chi connectivity index (χ3n) is 6.63. The molecule has 2 heterocycles. The predicted molar refractivity (Wildman–Crippen MR) is 127 cm³/mol. The summed E-state index contributed by atoms with van der Waals surface area (Å²) in [6.45, 7) is 4.67. The lowest BCUT2D eigenvalue weighted by atomic mass is 9.92. The molecule has 0 aliphatic carbocycles. The first-order valence-corrected chi connectivity index (χ1v) is 13.2. The van der Waals surface area contributed by atoms with Crippen LogP contribution in [0.25, 0.3) is 0 Å². The highest BCUT2D eigenvalue weighted by Crippen LogP contribution is 2.27. The molecule has 2 fully saturated rings. The highest BCUT2D eigenvalue weighted by molar-refractivity contribution is 7.92. The molecule has 2 amide bonds. The molecular formula is C25H30FN3O4S. The number of piperidine rings is 2. The maximum atomic E-state index is 13.3. The molecule has 0 aromatic heterocycles. The van der Waals surface area contributed by atoms with Gasteiger partial charge < -0.3 is 9.80 Å². The zero-order valence-corrected chi connectivity index (χ0v) is 20.1. The SMILES string of the molecule is CC1CCCN(C(=O)C2CCN(C(=O)c3ccccc3NS(=O)(=O)c3ccc(F)cc3)CC2)C1. The summed E-state index contributed by atoms with van der Waals surface area (Å²) in [4.78, 5) is 29.7. The van der Waals surface area contributed by atoms with E-state index in [1.165, 1.54) is 18.2 Å². The molecule has 2 aliphatic rings. The van der Waals surface area contributed by atoms with Crippen LogP contribution in [0.1, 0.15) is 43.0 Å². The Bertz CT molecular complexity index is 1150. The van der Waals surface area contributed by atoms with Crippen molar-refractivity contribution in [3.8, 4) is 0 Å². The van der Waals surface area contributed by atoms with Crippen molar-refractivity contribution < 1.29 is 22.4 Å². The normalized spacial score (nSPS) is 19.6. The molecule has 7 nitrogen and oxygen atoms in total. The Morgan fingerprint density at radius 2 is 1.62 bits per heavy atom. The summed E-state index contributed by atoms with van der Waals surface area (Å²) in [7, 11) is -3.99. The summed E-state index contributed by atoms with van der Waals surface area (Å²) in [6, 6.07) is 10.9. The molecular weight excluding hydrogens is 457 g/mol. The Kier molecular flexibility index (Phi) is 7.21. The van der Waals surface area contributed by atoms with E-state index in [4.69, 9.17) is 0 Å². The van der Waals surface area contributed by atoms with Crippen molar-refractivity contribution in [3.63, 3.8) is 0 Å². The monoisotopic (exact) mass is 487 g/mol. The number of likely N-dealkylation sites (tertiary alicyclic amines) is 2. The number of hydrogen-bond acceptors (Lipinski definition) is 4. The molecule has 0 bridgehead atoms. The number of sulfonamides is 1. The van der Waals surface area contributed by atoms with Crippen LogP contribution in [-0.2, 0) is 14.8 Å². The topological polar surface area (TPSA) is 86.8 Å². The lowest BCUT2D eigenvalue weighted by molar-refractivity contribution is -0.138. The van der Waals surface area contributed by atoms with Crippen LogP contribution in [0.4, 0.5) is 10.1 Å². The summed E-state index contributed by atoms with van der Waals surface area (Å²) in [6.07, 6.45) is 3.38. The first-order chi connectivity index (χ1) is 16.2. The van der Waals surface area contributed by atoms with Gasteiger partial charge in [-0.15, -0.1) is 0 Å². The summed E-state index contributed by atoms with van der Waals surface area (Å²) in [5.41, 5.74) is 0.403. The molecule has 2 aromatic rings. The fourth-order valence-corrected chi connectivity index (χ4v) is 5.80. The van der Waals surface area contributed by atoms with Crippen LogP contribution < -0.4 is 4.72 Å². The van der Waals surface area contributed by atoms with Gasteiger partial charge in [-0.1, -0.05) is 19.1 Å². The van der Waals surface area contributed by atoms with E-state index >= 15 is 0 Å². The van der Waals surface area contributed by atoms with E-state index in [1.54, 1.807) is 23.1 Å². The Labute approximate surface area is 200 Å². The van der Waals surface area contributed by atoms with E-state index in [0.717, 1.165) is 38.1 Å². The molecule has 182 valence electrons. The van der Waals surface area contributed by atoms with E-state index in [-0.39, 0.29) is 33.9 Å². The summed E-state index contributed by atoms with van der Waals surface area (Å²) in [5.74, 6) is -0.191. The third kappa shape index (κ3) is 5.41. The van der Waals surface area contributed by atoms with Crippen LogP contribution in [-0.4, -0.2) is 56.2 Å². The van der Waals surface area contributed by atoms with Gasteiger partial charge >= 0.3 is 0 Å². The van der Waals surface area contributed by atoms with Gasteiger partial charge in [0, 0.05) is 32.1 Å². The molecule has 2 aliphatic heterocycles. The van der Waals surface area contributed by atoms with Crippen molar-refractivity contribution in [2.75, 3.05) is 30.9 Å². The van der Waals surface area contributed by atoms with Crippen LogP contribution in [0.3, 0.4) is 0 Å². The molecule has 0 radical (unpaired) electrons. The molecule has 34 heavy (non-hydrogen) atoms. The molecule has 2 aromatic carbocycles. The van der Waals surface area contributed by atoms with E-state index in [9.17, 15) is 22.4 Å². The fourth-order valence-electron chi connectivity index (χ4n) is 4.72. The predicted octanol–water partition coefficient (Wildman–Crippen LogP) is 3.74. The van der Waals surface area contributed by atoms with Gasteiger partial charge in [-0.2, -0.15) is 0 Å². The zero-order valence-electron chi connectivity index (χ0n) is 19.2. The fraction of sp³-hybridized carbons (Fsp3) is 0.440. The Balaban J connectivity index is 1.42. The van der Waals surface area contributed by atoms with Gasteiger partial charge in [0.15, 0.2) is 0 Å². The molecule has 0 spiro atoms. The van der Waals surface area contributed by atoms with Crippen LogP contribution in [0, 0.1) is 17.7 Å². The van der Waals surface area contributed by atoms with Gasteiger partial charge in [-0.25, -0.2) is 12.8 Å². The third-order valence-corrected chi connectivity index (χ3v) is 8.01. The summed E-state index contributed by atoms with van der Waals surface area (Å²) < 4.78 is 41.2. The molecule has 1 N–H and O–H groups in total. The summed E-state index contributed by atoms with van der Waals surface area (Å²) >= 11 is 0. The van der Waals surface area contributed by atoms with Gasteiger partial charge in [-0.3, -0.25) is 14.3 Å². The van der Waals surface area contributed by atoms with Crippen LogP contribution in [0.2, 0.25) is 0 Å². The maximum Gasteiger partial charge on any atom is 0.261 e. The van der Waals surface area contributed by atoms with E-state index in [2.05, 4.69) is 11.6 Å². The number of carbonyl (C=O) groups excluding carboxylic acids is 2. The van der Waals surface area contributed by atoms with E-state index in [0.29, 0.717) is 31.8 Å². The number of hydrogen-bond donors (Lipinski definition) is 1. The number of anilines is 1. The molecule has 4 rings (SSSR count). The number of benzene rings is 2. The molecule has 0 saturated carbocycles. The van der Waals surface area contributed by atoms with Crippen LogP contribution in [0.15, 0.2) is 53.4 Å². The van der Waals surface area contributed by atoms with Crippen molar-refractivity contribution >= 4 is 27.5 Å². The van der Waals surface area contributed by atoms with Gasteiger partial charge in [0.05, 0.1) is 16.1 Å². The Morgan fingerprint density at radius 1 is 0.941 bits per heavy atom. The first-order valence-electron chi connectivity index (χ1n) is 11.7. The van der Waals surface area contributed by atoms with Gasteiger partial charge in [0.1, 0.15) is 5.82 Å². The molecule has 1 atom stereocenters. The summed E-state index contributed by atoms with van der Waals surface area (Å²) in [5, 5.41) is 0. The second-order valence-electron chi connectivity index (χ2n) is 9.20. The van der Waals surface area contributed by atoms with Crippen LogP contribution >= 0.6 is 0 Å². The second-order valence-corrected chi connectivity index (χ2v) is 10.9. The number of nitrogens with zero attached hydrogens (tertiary/aromatic N) is 2. The second kappa shape index (κ2) is 10.1. The minimum Gasteiger partial charge on any atom is -0.342 e. The lowest BCUT2D eigenvalue weighted by Gasteiger charge is -2.37. The number of carbonyl (C=O) groups is 2. The highest BCUT2D eigenvalue weighted by Gasteiger charge is 2.32. The van der Waals surface area contributed by atoms with E-state index in [1.807, 2.05) is 4.90 Å². The zero-order chi connectivity index (χ0) is 24.3. The quantitative estimate of drug-likeness (QED) is 0.696.